The van der Waals surface area contributed by atoms with Crippen LogP contribution in [0.2, 0.25) is 0 Å². The van der Waals surface area contributed by atoms with Crippen LogP contribution in [0.4, 0.5) is 21.9 Å². The molecule has 3 aromatic rings. The van der Waals surface area contributed by atoms with Gasteiger partial charge in [-0.2, -0.15) is 5.10 Å². The average molecular weight is 336 g/mol. The number of hydrogen-bond donors (Lipinski definition) is 3. The fraction of sp³-hybridized carbons (Fsp3) is 0.0588. The van der Waals surface area contributed by atoms with Crippen molar-refractivity contribution in [3.8, 4) is 0 Å². The Labute approximate surface area is 143 Å². The summed E-state index contributed by atoms with van der Waals surface area (Å²) in [4.78, 5) is 27.7. The van der Waals surface area contributed by atoms with E-state index in [-0.39, 0.29) is 18.5 Å². The van der Waals surface area contributed by atoms with E-state index < -0.39 is 0 Å². The van der Waals surface area contributed by atoms with Crippen LogP contribution in [0.15, 0.2) is 67.3 Å². The van der Waals surface area contributed by atoms with Crippen LogP contribution in [0.25, 0.3) is 0 Å². The first-order chi connectivity index (χ1) is 12.2. The highest BCUT2D eigenvalue weighted by Crippen LogP contribution is 2.16. The molecule has 0 aliphatic heterocycles. The summed E-state index contributed by atoms with van der Waals surface area (Å²) in [5.74, 6) is -0.239. The Bertz CT molecular complexity index is 849. The van der Waals surface area contributed by atoms with Crippen molar-refractivity contribution in [2.24, 2.45) is 0 Å². The first-order valence-corrected chi connectivity index (χ1v) is 7.54. The van der Waals surface area contributed by atoms with Crippen molar-refractivity contribution in [2.45, 2.75) is 6.54 Å². The maximum Gasteiger partial charge on any atom is 0.323 e. The summed E-state index contributed by atoms with van der Waals surface area (Å²) in [6.07, 6.45) is 2.83. The molecule has 0 radical (unpaired) electrons. The number of para-hydroxylation sites is 1. The van der Waals surface area contributed by atoms with Crippen LogP contribution in [0.1, 0.15) is 0 Å². The number of nitrogens with zero attached hydrogens (tertiary/aromatic N) is 3. The van der Waals surface area contributed by atoms with Crippen molar-refractivity contribution < 1.29 is 9.59 Å². The zero-order chi connectivity index (χ0) is 17.5. The second-order valence-corrected chi connectivity index (χ2v) is 5.17. The number of anilines is 3. The van der Waals surface area contributed by atoms with Crippen LogP contribution in [-0.2, 0) is 11.3 Å². The average Bonchev–Trinajstić information content (AvgIpc) is 3.08. The molecule has 0 aliphatic carbocycles. The van der Waals surface area contributed by atoms with Gasteiger partial charge in [-0.3, -0.25) is 4.79 Å². The number of hydrogen-bond acceptors (Lipinski definition) is 4. The number of urea groups is 1. The van der Waals surface area contributed by atoms with Crippen LogP contribution in [0.3, 0.4) is 0 Å². The molecule has 25 heavy (non-hydrogen) atoms. The molecule has 0 aliphatic rings. The molecule has 1 heterocycles. The smallest absolute Gasteiger partial charge is 0.323 e. The molecular formula is C17H16N6O2. The van der Waals surface area contributed by atoms with Gasteiger partial charge in [-0.1, -0.05) is 24.3 Å². The van der Waals surface area contributed by atoms with Crippen LogP contribution in [0.5, 0.6) is 0 Å². The van der Waals surface area contributed by atoms with E-state index in [9.17, 15) is 9.59 Å². The zero-order valence-corrected chi connectivity index (χ0v) is 13.2. The van der Waals surface area contributed by atoms with Crippen molar-refractivity contribution in [2.75, 3.05) is 16.0 Å². The predicted molar refractivity (Wildman–Crippen MR) is 94.2 cm³/mol. The van der Waals surface area contributed by atoms with Crippen LogP contribution in [-0.4, -0.2) is 26.7 Å². The number of nitrogens with one attached hydrogen (secondary N) is 3. The van der Waals surface area contributed by atoms with E-state index in [0.717, 1.165) is 0 Å². The molecule has 3 rings (SSSR count). The van der Waals surface area contributed by atoms with Gasteiger partial charge >= 0.3 is 6.03 Å². The quantitative estimate of drug-likeness (QED) is 0.666. The Morgan fingerprint density at radius 1 is 0.880 bits per heavy atom. The van der Waals surface area contributed by atoms with Gasteiger partial charge in [0, 0.05) is 17.1 Å². The monoisotopic (exact) mass is 336 g/mol. The Hall–Kier alpha value is -3.68. The molecule has 0 atom stereocenters. The Morgan fingerprint density at radius 3 is 2.28 bits per heavy atom. The number of amides is 3. The highest BCUT2D eigenvalue weighted by atomic mass is 16.2. The molecule has 2 aromatic carbocycles. The molecule has 8 nitrogen and oxygen atoms in total. The SMILES string of the molecule is O=C(Cn1cncn1)Nc1cccc(NC(=O)Nc2ccccc2)c1. The zero-order valence-electron chi connectivity index (χ0n) is 13.2. The molecule has 0 fully saturated rings. The first kappa shape index (κ1) is 16.2. The van der Waals surface area contributed by atoms with Gasteiger partial charge in [-0.15, -0.1) is 0 Å². The number of aromatic nitrogens is 3. The van der Waals surface area contributed by atoms with Gasteiger partial charge < -0.3 is 16.0 Å². The summed E-state index contributed by atoms with van der Waals surface area (Å²) in [6.45, 7) is 0.0617. The normalized spacial score (nSPS) is 10.1. The Balaban J connectivity index is 1.57. The summed E-state index contributed by atoms with van der Waals surface area (Å²) >= 11 is 0. The lowest BCUT2D eigenvalue weighted by Crippen LogP contribution is -2.20. The summed E-state index contributed by atoms with van der Waals surface area (Å²) in [7, 11) is 0. The van der Waals surface area contributed by atoms with Gasteiger partial charge in [0.1, 0.15) is 19.2 Å². The number of rotatable bonds is 5. The van der Waals surface area contributed by atoms with Crippen molar-refractivity contribution in [1.82, 2.24) is 14.8 Å². The lowest BCUT2D eigenvalue weighted by atomic mass is 10.2. The maximum atomic E-state index is 12.0. The second-order valence-electron chi connectivity index (χ2n) is 5.17. The second kappa shape index (κ2) is 7.73. The fourth-order valence-electron chi connectivity index (χ4n) is 2.15. The Morgan fingerprint density at radius 2 is 1.56 bits per heavy atom. The Kier molecular flexibility index (Phi) is 5.01. The molecule has 0 bridgehead atoms. The van der Waals surface area contributed by atoms with Crippen molar-refractivity contribution in [3.05, 3.63) is 67.3 Å². The van der Waals surface area contributed by atoms with Crippen LogP contribution < -0.4 is 16.0 Å². The molecule has 3 N–H and O–H groups in total. The minimum Gasteiger partial charge on any atom is -0.324 e. The summed E-state index contributed by atoms with van der Waals surface area (Å²) in [5, 5.41) is 12.1. The minimum absolute atomic E-state index is 0.0617. The molecule has 0 saturated carbocycles. The number of carbonyl (C=O) groups excluding carboxylic acids is 2. The van der Waals surface area contributed by atoms with Crippen LogP contribution in [0, 0.1) is 0 Å². The molecular weight excluding hydrogens is 320 g/mol. The highest BCUT2D eigenvalue weighted by Gasteiger charge is 2.06. The number of benzene rings is 2. The van der Waals surface area contributed by atoms with E-state index >= 15 is 0 Å². The molecule has 0 spiro atoms. The molecule has 0 unspecified atom stereocenters. The van der Waals surface area contributed by atoms with E-state index in [1.807, 2.05) is 18.2 Å². The highest BCUT2D eigenvalue weighted by molar-refractivity contribution is 6.00. The van der Waals surface area contributed by atoms with E-state index in [1.54, 1.807) is 36.4 Å². The van der Waals surface area contributed by atoms with Crippen molar-refractivity contribution >= 4 is 29.0 Å². The predicted octanol–water partition coefficient (Wildman–Crippen LogP) is 2.56. The standard InChI is InChI=1S/C17H16N6O2/c24-16(10-23-12-18-11-19-23)20-14-7-4-8-15(9-14)22-17(25)21-13-5-2-1-3-6-13/h1-9,11-12H,10H2,(H,20,24)(H2,21,22,25). The summed E-state index contributed by atoms with van der Waals surface area (Å²) in [6, 6.07) is 15.6. The van der Waals surface area contributed by atoms with Gasteiger partial charge in [-0.05, 0) is 30.3 Å². The molecule has 126 valence electrons. The molecule has 1 aromatic heterocycles. The lowest BCUT2D eigenvalue weighted by Gasteiger charge is -2.10. The third-order valence-electron chi connectivity index (χ3n) is 3.21. The lowest BCUT2D eigenvalue weighted by molar-refractivity contribution is -0.116. The molecule has 8 heteroatoms. The van der Waals surface area contributed by atoms with E-state index in [2.05, 4.69) is 26.0 Å². The van der Waals surface area contributed by atoms with E-state index in [4.69, 9.17) is 0 Å². The summed E-state index contributed by atoms with van der Waals surface area (Å²) < 4.78 is 1.42. The van der Waals surface area contributed by atoms with E-state index in [0.29, 0.717) is 17.1 Å². The van der Waals surface area contributed by atoms with Gasteiger partial charge in [-0.25, -0.2) is 14.5 Å². The van der Waals surface area contributed by atoms with Gasteiger partial charge in [0.25, 0.3) is 0 Å². The summed E-state index contributed by atoms with van der Waals surface area (Å²) in [5.41, 5.74) is 1.83. The van der Waals surface area contributed by atoms with Crippen molar-refractivity contribution in [1.29, 1.82) is 0 Å². The molecule has 3 amide bonds. The van der Waals surface area contributed by atoms with Gasteiger partial charge in [0.2, 0.25) is 5.91 Å². The molecule has 0 saturated heterocycles. The third-order valence-corrected chi connectivity index (χ3v) is 3.21. The maximum absolute atomic E-state index is 12.0. The van der Waals surface area contributed by atoms with Crippen LogP contribution >= 0.6 is 0 Å². The fourth-order valence-corrected chi connectivity index (χ4v) is 2.15. The third kappa shape index (κ3) is 4.90. The number of carbonyl (C=O) groups is 2. The van der Waals surface area contributed by atoms with Gasteiger partial charge in [0.15, 0.2) is 0 Å². The minimum atomic E-state index is -0.364. The topological polar surface area (TPSA) is 101 Å². The van der Waals surface area contributed by atoms with E-state index in [1.165, 1.54) is 17.3 Å². The first-order valence-electron chi connectivity index (χ1n) is 7.54. The largest absolute Gasteiger partial charge is 0.324 e. The van der Waals surface area contributed by atoms with Crippen molar-refractivity contribution in [3.63, 3.8) is 0 Å². The van der Waals surface area contributed by atoms with Gasteiger partial charge in [0.05, 0.1) is 0 Å².